The van der Waals surface area contributed by atoms with E-state index in [1.165, 1.54) is 35.7 Å². The van der Waals surface area contributed by atoms with E-state index in [1.807, 2.05) is 0 Å². The van der Waals surface area contributed by atoms with Gasteiger partial charge in [0.1, 0.15) is 15.6 Å². The Kier molecular flexibility index (Phi) is 7.43. The summed E-state index contributed by atoms with van der Waals surface area (Å²) in [5, 5.41) is 15.2. The van der Waals surface area contributed by atoms with Crippen molar-refractivity contribution in [1.82, 2.24) is 4.31 Å². The molecular formula is C19H21N3O8S2. The van der Waals surface area contributed by atoms with Crippen LogP contribution in [0.3, 0.4) is 0 Å². The molecule has 32 heavy (non-hydrogen) atoms. The maximum absolute atomic E-state index is 12.5. The summed E-state index contributed by atoms with van der Waals surface area (Å²) in [6.45, 7) is -0.274. The maximum Gasteiger partial charge on any atom is 0.309 e. The minimum Gasteiger partial charge on any atom is -0.496 e. The molecule has 2 aromatic rings. The second-order valence-corrected chi connectivity index (χ2v) is 10.0. The molecule has 0 spiro atoms. The molecule has 0 unspecified atom stereocenters. The van der Waals surface area contributed by atoms with E-state index in [1.54, 1.807) is 11.4 Å². The normalized spacial score (nSPS) is 15.2. The number of nitrogens with one attached hydrogen (secondary N) is 1. The van der Waals surface area contributed by atoms with E-state index in [-0.39, 0.29) is 47.3 Å². The van der Waals surface area contributed by atoms with E-state index < -0.39 is 39.3 Å². The van der Waals surface area contributed by atoms with Crippen LogP contribution in [0.15, 0.2) is 39.9 Å². The second kappa shape index (κ2) is 10.1. The first-order chi connectivity index (χ1) is 15.2. The number of anilines is 1. The van der Waals surface area contributed by atoms with E-state index in [2.05, 4.69) is 5.32 Å². The first-order valence-electron chi connectivity index (χ1n) is 9.55. The van der Waals surface area contributed by atoms with Gasteiger partial charge in [-0.25, -0.2) is 8.42 Å². The van der Waals surface area contributed by atoms with E-state index in [4.69, 9.17) is 9.47 Å². The smallest absolute Gasteiger partial charge is 0.309 e. The Balaban J connectivity index is 1.50. The number of carbonyl (C=O) groups is 2. The van der Waals surface area contributed by atoms with Gasteiger partial charge in [-0.2, -0.15) is 4.31 Å². The Morgan fingerprint density at radius 1 is 1.28 bits per heavy atom. The van der Waals surface area contributed by atoms with Gasteiger partial charge in [0.05, 0.1) is 24.0 Å². The molecule has 1 aromatic carbocycles. The standard InChI is InChI=1S/C19H21N3O8S2/c1-29-14-4-5-15(16(11-14)22(25)26)20-17(23)12-30-19(24)13-6-8-21(9-7-13)32(27,28)18-3-2-10-31-18/h2-5,10-11,13H,6-9,12H2,1H3,(H,20,23). The van der Waals surface area contributed by atoms with Gasteiger partial charge in [-0.15, -0.1) is 11.3 Å². The quantitative estimate of drug-likeness (QED) is 0.342. The zero-order valence-corrected chi connectivity index (χ0v) is 18.7. The third-order valence-electron chi connectivity index (χ3n) is 4.90. The third kappa shape index (κ3) is 5.41. The number of nitrogens with zero attached hydrogens (tertiary/aromatic N) is 2. The van der Waals surface area contributed by atoms with Gasteiger partial charge >= 0.3 is 5.97 Å². The molecule has 1 aliphatic rings. The number of nitro groups is 1. The summed E-state index contributed by atoms with van der Waals surface area (Å²) in [5.41, 5.74) is -0.410. The minimum absolute atomic E-state index is 0.0519. The van der Waals surface area contributed by atoms with Crippen LogP contribution in [0.5, 0.6) is 5.75 Å². The van der Waals surface area contributed by atoms with Crippen molar-refractivity contribution in [3.63, 3.8) is 0 Å². The highest BCUT2D eigenvalue weighted by molar-refractivity contribution is 7.91. The summed E-state index contributed by atoms with van der Waals surface area (Å²) in [5.74, 6) is -1.62. The Labute approximate surface area is 188 Å². The Morgan fingerprint density at radius 3 is 2.59 bits per heavy atom. The van der Waals surface area contributed by atoms with E-state index in [0.29, 0.717) is 0 Å². The summed E-state index contributed by atoms with van der Waals surface area (Å²) in [6.07, 6.45) is 0.546. The van der Waals surface area contributed by atoms with Crippen LogP contribution in [-0.2, 0) is 24.3 Å². The molecule has 1 saturated heterocycles. The van der Waals surface area contributed by atoms with Gasteiger partial charge in [0, 0.05) is 13.1 Å². The summed E-state index contributed by atoms with van der Waals surface area (Å²) in [4.78, 5) is 34.9. The molecule has 1 N–H and O–H groups in total. The van der Waals surface area contributed by atoms with Gasteiger partial charge in [0.15, 0.2) is 6.61 Å². The average Bonchev–Trinajstić information content (AvgIpc) is 3.33. The van der Waals surface area contributed by atoms with Crippen molar-refractivity contribution in [2.75, 3.05) is 32.1 Å². The van der Waals surface area contributed by atoms with Gasteiger partial charge < -0.3 is 14.8 Å². The zero-order valence-electron chi connectivity index (χ0n) is 17.1. The molecule has 2 heterocycles. The fourth-order valence-corrected chi connectivity index (χ4v) is 5.82. The average molecular weight is 484 g/mol. The monoisotopic (exact) mass is 483 g/mol. The van der Waals surface area contributed by atoms with Crippen molar-refractivity contribution in [2.24, 2.45) is 5.92 Å². The summed E-state index contributed by atoms with van der Waals surface area (Å²) in [7, 11) is -2.21. The lowest BCUT2D eigenvalue weighted by Crippen LogP contribution is -2.40. The molecule has 1 fully saturated rings. The predicted octanol–water partition coefficient (Wildman–Crippen LogP) is 2.25. The number of benzene rings is 1. The first-order valence-corrected chi connectivity index (χ1v) is 11.9. The number of ether oxygens (including phenoxy) is 2. The van der Waals surface area contributed by atoms with Crippen LogP contribution in [0, 0.1) is 16.0 Å². The molecule has 0 aliphatic carbocycles. The SMILES string of the molecule is COc1ccc(NC(=O)COC(=O)C2CCN(S(=O)(=O)c3cccs3)CC2)c([N+](=O)[O-])c1. The van der Waals surface area contributed by atoms with Crippen molar-refractivity contribution in [2.45, 2.75) is 17.1 Å². The molecule has 0 atom stereocenters. The molecule has 13 heteroatoms. The first kappa shape index (κ1) is 23.6. The highest BCUT2D eigenvalue weighted by atomic mass is 32.2. The van der Waals surface area contributed by atoms with E-state index >= 15 is 0 Å². The molecule has 1 aliphatic heterocycles. The fourth-order valence-electron chi connectivity index (χ4n) is 3.21. The van der Waals surface area contributed by atoms with Crippen LogP contribution in [-0.4, -0.2) is 56.3 Å². The lowest BCUT2D eigenvalue weighted by atomic mass is 9.98. The van der Waals surface area contributed by atoms with Crippen LogP contribution in [0.4, 0.5) is 11.4 Å². The molecule has 0 bridgehead atoms. The number of esters is 1. The maximum atomic E-state index is 12.5. The Bertz CT molecular complexity index is 1090. The number of methoxy groups -OCH3 is 1. The minimum atomic E-state index is -3.57. The number of rotatable bonds is 8. The van der Waals surface area contributed by atoms with Crippen molar-refractivity contribution in [1.29, 1.82) is 0 Å². The molecule has 0 radical (unpaired) electrons. The Hall–Kier alpha value is -3.03. The van der Waals surface area contributed by atoms with Crippen LogP contribution in [0.1, 0.15) is 12.8 Å². The number of thiophene rings is 1. The number of amides is 1. The summed E-state index contributed by atoms with van der Waals surface area (Å²) < 4.78 is 36.6. The van der Waals surface area contributed by atoms with Crippen LogP contribution in [0.2, 0.25) is 0 Å². The number of sulfonamides is 1. The molecule has 0 saturated carbocycles. The number of nitro benzene ring substituents is 1. The van der Waals surface area contributed by atoms with Crippen molar-refractivity contribution in [3.05, 3.63) is 45.8 Å². The lowest BCUT2D eigenvalue weighted by molar-refractivity contribution is -0.384. The highest BCUT2D eigenvalue weighted by Crippen LogP contribution is 2.29. The van der Waals surface area contributed by atoms with Crippen LogP contribution >= 0.6 is 11.3 Å². The van der Waals surface area contributed by atoms with Gasteiger partial charge in [-0.05, 0) is 36.4 Å². The van der Waals surface area contributed by atoms with Gasteiger partial charge in [-0.1, -0.05) is 6.07 Å². The number of piperidine rings is 1. The second-order valence-electron chi connectivity index (χ2n) is 6.91. The van der Waals surface area contributed by atoms with E-state index in [9.17, 15) is 28.1 Å². The van der Waals surface area contributed by atoms with Gasteiger partial charge in [0.25, 0.3) is 21.6 Å². The number of hydrogen-bond donors (Lipinski definition) is 1. The summed E-state index contributed by atoms with van der Waals surface area (Å²) in [6, 6.07) is 7.13. The van der Waals surface area contributed by atoms with E-state index in [0.717, 1.165) is 11.3 Å². The number of hydrogen-bond acceptors (Lipinski definition) is 9. The predicted molar refractivity (Wildman–Crippen MR) is 115 cm³/mol. The van der Waals surface area contributed by atoms with Gasteiger partial charge in [-0.3, -0.25) is 19.7 Å². The zero-order chi connectivity index (χ0) is 23.3. The molecule has 3 rings (SSSR count). The van der Waals surface area contributed by atoms with Crippen molar-refractivity contribution < 1.29 is 32.4 Å². The van der Waals surface area contributed by atoms with Crippen molar-refractivity contribution >= 4 is 44.6 Å². The summed E-state index contributed by atoms with van der Waals surface area (Å²) >= 11 is 1.13. The third-order valence-corrected chi connectivity index (χ3v) is 8.17. The van der Waals surface area contributed by atoms with Crippen molar-refractivity contribution in [3.8, 4) is 5.75 Å². The highest BCUT2D eigenvalue weighted by Gasteiger charge is 2.33. The molecule has 1 amide bonds. The Morgan fingerprint density at radius 2 is 2.00 bits per heavy atom. The molecular weight excluding hydrogens is 462 g/mol. The lowest BCUT2D eigenvalue weighted by Gasteiger charge is -2.29. The molecule has 11 nitrogen and oxygen atoms in total. The number of carbonyl (C=O) groups excluding carboxylic acids is 2. The molecule has 1 aromatic heterocycles. The largest absolute Gasteiger partial charge is 0.496 e. The topological polar surface area (TPSA) is 145 Å². The van der Waals surface area contributed by atoms with Crippen LogP contribution in [0.25, 0.3) is 0 Å². The fraction of sp³-hybridized carbons (Fsp3) is 0.368. The molecule has 172 valence electrons. The van der Waals surface area contributed by atoms with Crippen LogP contribution < -0.4 is 10.1 Å². The van der Waals surface area contributed by atoms with Gasteiger partial charge in [0.2, 0.25) is 0 Å².